The van der Waals surface area contributed by atoms with Gasteiger partial charge in [0.2, 0.25) is 5.95 Å². The van der Waals surface area contributed by atoms with Crippen LogP contribution in [0.2, 0.25) is 0 Å². The van der Waals surface area contributed by atoms with E-state index >= 15 is 4.39 Å². The van der Waals surface area contributed by atoms with Crippen molar-refractivity contribution >= 4 is 22.8 Å². The van der Waals surface area contributed by atoms with Crippen molar-refractivity contribution in [3.63, 3.8) is 0 Å². The summed E-state index contributed by atoms with van der Waals surface area (Å²) in [5, 5.41) is 3.08. The highest BCUT2D eigenvalue weighted by atomic mass is 19.1. The minimum Gasteiger partial charge on any atom is -0.326 e. The van der Waals surface area contributed by atoms with Crippen molar-refractivity contribution in [1.29, 1.82) is 0 Å². The number of pyridine rings is 1. The number of nitrogens with zero attached hydrogens (tertiary/aromatic N) is 6. The van der Waals surface area contributed by atoms with Gasteiger partial charge in [0.25, 0.3) is 0 Å². The lowest BCUT2D eigenvalue weighted by molar-refractivity contribution is 0.120. The Bertz CT molecular complexity index is 1500. The molecule has 0 radical (unpaired) electrons. The van der Waals surface area contributed by atoms with Crippen LogP contribution in [0, 0.1) is 24.0 Å². The Balaban J connectivity index is 1.23. The number of anilines is 2. The first-order valence-corrected chi connectivity index (χ1v) is 13.9. The number of benzene rings is 1. The zero-order chi connectivity index (χ0) is 27.3. The lowest BCUT2D eigenvalue weighted by atomic mass is 9.91. The zero-order valence-corrected chi connectivity index (χ0v) is 23.0. The molecule has 2 fully saturated rings. The summed E-state index contributed by atoms with van der Waals surface area (Å²) in [6.07, 6.45) is 9.44. The first-order chi connectivity index (χ1) is 18.8. The van der Waals surface area contributed by atoms with Crippen molar-refractivity contribution in [3.05, 3.63) is 59.7 Å². The van der Waals surface area contributed by atoms with Gasteiger partial charge in [0.1, 0.15) is 22.9 Å². The number of aromatic nitrogens is 5. The van der Waals surface area contributed by atoms with E-state index in [4.69, 9.17) is 0 Å². The molecule has 1 saturated heterocycles. The standard InChI is InChI=1S/C30H35F2N7/c1-5-24(38-12-10-30(8-9-30)11-13-38)20-6-7-26(33-16-20)36-29-34-17-23(32)27(37-29)21-14-22(31)28-25(15-21)39(18(2)3)19(4)35-28/h6-7,14-18,24H,5,8-13H2,1-4H3,(H,33,34,36,37)/t24-/m1/s1. The summed E-state index contributed by atoms with van der Waals surface area (Å²) < 4.78 is 31.8. The molecule has 204 valence electrons. The number of imidazole rings is 1. The number of aryl methyl sites for hydroxylation is 1. The van der Waals surface area contributed by atoms with Gasteiger partial charge < -0.3 is 9.88 Å². The quantitative estimate of drug-likeness (QED) is 0.274. The van der Waals surface area contributed by atoms with E-state index in [1.165, 1.54) is 37.3 Å². The van der Waals surface area contributed by atoms with E-state index in [2.05, 4.69) is 43.1 Å². The molecule has 1 spiro atoms. The molecular formula is C30H35F2N7. The van der Waals surface area contributed by atoms with Crippen molar-refractivity contribution in [1.82, 2.24) is 29.4 Å². The summed E-state index contributed by atoms with van der Waals surface area (Å²) in [6.45, 7) is 10.4. The van der Waals surface area contributed by atoms with Crippen molar-refractivity contribution in [3.8, 4) is 11.3 Å². The summed E-state index contributed by atoms with van der Waals surface area (Å²) in [4.78, 5) is 20.1. The summed E-state index contributed by atoms with van der Waals surface area (Å²) in [6, 6.07) is 7.43. The van der Waals surface area contributed by atoms with Gasteiger partial charge in [0, 0.05) is 23.8 Å². The molecule has 39 heavy (non-hydrogen) atoms. The predicted octanol–water partition coefficient (Wildman–Crippen LogP) is 7.13. The van der Waals surface area contributed by atoms with Gasteiger partial charge in [-0.05, 0) is 95.1 Å². The zero-order valence-electron chi connectivity index (χ0n) is 23.0. The summed E-state index contributed by atoms with van der Waals surface area (Å²) in [5.41, 5.74) is 3.06. The van der Waals surface area contributed by atoms with Crippen LogP contribution in [0.3, 0.4) is 0 Å². The van der Waals surface area contributed by atoms with E-state index < -0.39 is 11.6 Å². The number of hydrogen-bond donors (Lipinski definition) is 1. The molecule has 2 aliphatic rings. The SMILES string of the molecule is CC[C@H](c1ccc(Nc2ncc(F)c(-c3cc(F)c4nc(C)n(C(C)C)c4c3)n2)nc1)N1CCC2(CC1)CC2. The second-order valence-corrected chi connectivity index (χ2v) is 11.4. The Morgan fingerprint density at radius 2 is 1.74 bits per heavy atom. The van der Waals surface area contributed by atoms with Crippen LogP contribution >= 0.6 is 0 Å². The minimum absolute atomic E-state index is 0.0173. The van der Waals surface area contributed by atoms with Gasteiger partial charge in [-0.3, -0.25) is 4.90 Å². The van der Waals surface area contributed by atoms with Gasteiger partial charge in [0.05, 0.1) is 11.7 Å². The van der Waals surface area contributed by atoms with E-state index in [1.54, 1.807) is 6.07 Å². The number of hydrogen-bond acceptors (Lipinski definition) is 6. The fraction of sp³-hybridized carbons (Fsp3) is 0.467. The van der Waals surface area contributed by atoms with Gasteiger partial charge in [-0.1, -0.05) is 13.0 Å². The van der Waals surface area contributed by atoms with Crippen molar-refractivity contribution < 1.29 is 8.78 Å². The van der Waals surface area contributed by atoms with Crippen LogP contribution in [0.5, 0.6) is 0 Å². The van der Waals surface area contributed by atoms with Gasteiger partial charge in [-0.15, -0.1) is 0 Å². The normalized spacial score (nSPS) is 17.7. The third-order valence-corrected chi connectivity index (χ3v) is 8.51. The van der Waals surface area contributed by atoms with Crippen LogP contribution in [0.4, 0.5) is 20.5 Å². The predicted molar refractivity (Wildman–Crippen MR) is 149 cm³/mol. The second kappa shape index (κ2) is 9.93. The van der Waals surface area contributed by atoms with Crippen LogP contribution in [-0.4, -0.2) is 42.5 Å². The summed E-state index contributed by atoms with van der Waals surface area (Å²) in [5.74, 6) is 0.320. The fourth-order valence-electron chi connectivity index (χ4n) is 6.17. The lowest BCUT2D eigenvalue weighted by Gasteiger charge is -2.37. The highest BCUT2D eigenvalue weighted by molar-refractivity contribution is 5.83. The maximum absolute atomic E-state index is 15.0. The molecule has 9 heteroatoms. The van der Waals surface area contributed by atoms with Crippen molar-refractivity contribution in [2.24, 2.45) is 5.41 Å². The second-order valence-electron chi connectivity index (χ2n) is 11.4. The van der Waals surface area contributed by atoms with Gasteiger partial charge in [0.15, 0.2) is 11.6 Å². The van der Waals surface area contributed by atoms with Crippen molar-refractivity contribution in [2.45, 2.75) is 71.9 Å². The van der Waals surface area contributed by atoms with E-state index in [-0.39, 0.29) is 23.2 Å². The Morgan fingerprint density at radius 3 is 2.38 bits per heavy atom. The number of likely N-dealkylation sites (tertiary alicyclic amines) is 1. The summed E-state index contributed by atoms with van der Waals surface area (Å²) in [7, 11) is 0. The smallest absolute Gasteiger partial charge is 0.229 e. The van der Waals surface area contributed by atoms with Gasteiger partial charge in [-0.25, -0.2) is 28.7 Å². The number of rotatable bonds is 7. The van der Waals surface area contributed by atoms with Crippen LogP contribution in [0.15, 0.2) is 36.7 Å². The average molecular weight is 532 g/mol. The van der Waals surface area contributed by atoms with Crippen molar-refractivity contribution in [2.75, 3.05) is 18.4 Å². The van der Waals surface area contributed by atoms with E-state index in [0.717, 1.165) is 25.7 Å². The molecule has 3 aromatic heterocycles. The van der Waals surface area contributed by atoms with Crippen LogP contribution < -0.4 is 5.32 Å². The molecule has 1 aliphatic heterocycles. The van der Waals surface area contributed by atoms with Crippen LogP contribution in [-0.2, 0) is 0 Å². The Labute approximate surface area is 227 Å². The molecule has 7 nitrogen and oxygen atoms in total. The Kier molecular flexibility index (Phi) is 6.57. The number of piperidine rings is 1. The molecule has 0 amide bonds. The third kappa shape index (κ3) is 4.88. The third-order valence-electron chi connectivity index (χ3n) is 8.51. The molecule has 1 aromatic carbocycles. The average Bonchev–Trinajstić information content (AvgIpc) is 3.58. The van der Waals surface area contributed by atoms with E-state index in [0.29, 0.717) is 34.2 Å². The van der Waals surface area contributed by atoms with Gasteiger partial charge in [-0.2, -0.15) is 0 Å². The number of nitrogens with one attached hydrogen (secondary N) is 1. The first-order valence-electron chi connectivity index (χ1n) is 13.9. The number of fused-ring (bicyclic) bond motifs is 1. The molecule has 4 heterocycles. The molecule has 0 unspecified atom stereocenters. The lowest BCUT2D eigenvalue weighted by Crippen LogP contribution is -2.37. The highest BCUT2D eigenvalue weighted by Gasteiger charge is 2.45. The molecule has 4 aromatic rings. The number of halogens is 2. The minimum atomic E-state index is -0.629. The summed E-state index contributed by atoms with van der Waals surface area (Å²) >= 11 is 0. The van der Waals surface area contributed by atoms with E-state index in [1.807, 2.05) is 37.6 Å². The van der Waals surface area contributed by atoms with E-state index in [9.17, 15) is 4.39 Å². The fourth-order valence-corrected chi connectivity index (χ4v) is 6.17. The maximum atomic E-state index is 15.0. The molecule has 1 N–H and O–H groups in total. The molecule has 1 aliphatic carbocycles. The van der Waals surface area contributed by atoms with Crippen LogP contribution in [0.1, 0.15) is 76.3 Å². The maximum Gasteiger partial charge on any atom is 0.229 e. The molecule has 1 atom stereocenters. The largest absolute Gasteiger partial charge is 0.326 e. The molecule has 6 rings (SSSR count). The molecular weight excluding hydrogens is 496 g/mol. The molecule has 1 saturated carbocycles. The molecule has 0 bridgehead atoms. The topological polar surface area (TPSA) is 71.8 Å². The highest BCUT2D eigenvalue weighted by Crippen LogP contribution is 2.54. The first kappa shape index (κ1) is 25.8. The monoisotopic (exact) mass is 531 g/mol. The Hall–Kier alpha value is -3.46. The van der Waals surface area contributed by atoms with Gasteiger partial charge >= 0.3 is 0 Å². The van der Waals surface area contributed by atoms with Crippen LogP contribution in [0.25, 0.3) is 22.3 Å². The Morgan fingerprint density at radius 1 is 0.974 bits per heavy atom.